The minimum Gasteiger partial charge on any atom is -0.463 e. The van der Waals surface area contributed by atoms with Crippen LogP contribution in [-0.4, -0.2) is 37.6 Å². The van der Waals surface area contributed by atoms with Crippen LogP contribution in [0.2, 0.25) is 0 Å². The number of esters is 1. The first-order valence-electron chi connectivity index (χ1n) is 6.30. The summed E-state index contributed by atoms with van der Waals surface area (Å²) in [5.41, 5.74) is 0.121. The van der Waals surface area contributed by atoms with Gasteiger partial charge in [0, 0.05) is 0 Å². The molecule has 0 saturated carbocycles. The van der Waals surface area contributed by atoms with E-state index in [0.29, 0.717) is 28.4 Å². The van der Waals surface area contributed by atoms with Gasteiger partial charge in [0.15, 0.2) is 0 Å². The molecule has 0 aromatic heterocycles. The summed E-state index contributed by atoms with van der Waals surface area (Å²) in [6, 6.07) is 0. The van der Waals surface area contributed by atoms with Crippen molar-refractivity contribution in [1.82, 2.24) is 0 Å². The van der Waals surface area contributed by atoms with Crippen molar-refractivity contribution < 1.29 is 14.3 Å². The Morgan fingerprint density at radius 3 is 2.33 bits per heavy atom. The van der Waals surface area contributed by atoms with Crippen LogP contribution in [0.3, 0.4) is 0 Å². The molecule has 0 N–H and O–H groups in total. The second-order valence-electron chi connectivity index (χ2n) is 5.82. The molecule has 0 fully saturated rings. The molecule has 0 saturated heterocycles. The van der Waals surface area contributed by atoms with Gasteiger partial charge < -0.3 is 9.47 Å². The van der Waals surface area contributed by atoms with E-state index in [1.165, 1.54) is 0 Å². The zero-order valence-corrected chi connectivity index (χ0v) is 13.3. The molecule has 4 heteroatoms. The molecule has 0 aliphatic carbocycles. The van der Waals surface area contributed by atoms with Gasteiger partial charge in [-0.15, -0.1) is 15.2 Å². The van der Waals surface area contributed by atoms with Gasteiger partial charge in [0.05, 0.1) is 18.4 Å². The summed E-state index contributed by atoms with van der Waals surface area (Å²) < 4.78 is 10.5. The maximum absolute atomic E-state index is 12.1. The summed E-state index contributed by atoms with van der Waals surface area (Å²) in [6.07, 6.45) is 2.51. The summed E-state index contributed by atoms with van der Waals surface area (Å²) >= 11 is 0. The highest BCUT2D eigenvalue weighted by Gasteiger charge is 2.36. The van der Waals surface area contributed by atoms with Gasteiger partial charge in [-0.05, 0) is 25.4 Å². The number of rotatable bonds is 8. The second-order valence-corrected chi connectivity index (χ2v) is 7.42. The van der Waals surface area contributed by atoms with Crippen LogP contribution in [0.25, 0.3) is 0 Å². The highest BCUT2D eigenvalue weighted by molar-refractivity contribution is 7.40. The van der Waals surface area contributed by atoms with Crippen LogP contribution in [-0.2, 0) is 14.3 Å². The molecular formula is C14H27O3P. The normalized spacial score (nSPS) is 15.6. The average molecular weight is 274 g/mol. The SMILES string of the molecule is C=CCOCCOC(=O)C(C)(CC(C)(C)C)PC. The molecule has 0 rings (SSSR count). The molecule has 0 radical (unpaired) electrons. The summed E-state index contributed by atoms with van der Waals surface area (Å²) in [4.78, 5) is 12.1. The van der Waals surface area contributed by atoms with E-state index in [-0.39, 0.29) is 16.5 Å². The summed E-state index contributed by atoms with van der Waals surface area (Å²) in [5.74, 6) is -0.111. The van der Waals surface area contributed by atoms with Crippen molar-refractivity contribution in [2.75, 3.05) is 26.5 Å². The predicted molar refractivity (Wildman–Crippen MR) is 78.7 cm³/mol. The van der Waals surface area contributed by atoms with Crippen molar-refractivity contribution in [2.24, 2.45) is 5.41 Å². The standard InChI is InChI=1S/C14H27O3P/c1-7-8-16-9-10-17-12(15)14(5,18-6)11-13(2,3)4/h7,18H,1,8-11H2,2-6H3. The Morgan fingerprint density at radius 1 is 1.28 bits per heavy atom. The smallest absolute Gasteiger partial charge is 0.315 e. The lowest BCUT2D eigenvalue weighted by Crippen LogP contribution is -2.36. The molecule has 0 heterocycles. The van der Waals surface area contributed by atoms with Gasteiger partial charge in [0.25, 0.3) is 0 Å². The van der Waals surface area contributed by atoms with Crippen molar-refractivity contribution in [3.8, 4) is 0 Å². The highest BCUT2D eigenvalue weighted by atomic mass is 31.1. The van der Waals surface area contributed by atoms with Gasteiger partial charge in [0.1, 0.15) is 6.61 Å². The van der Waals surface area contributed by atoms with E-state index in [1.807, 2.05) is 6.92 Å². The highest BCUT2D eigenvalue weighted by Crippen LogP contribution is 2.40. The Bertz CT molecular complexity index is 271. The summed E-state index contributed by atoms with van der Waals surface area (Å²) in [5, 5.41) is -0.378. The number of carbonyl (C=O) groups excluding carboxylic acids is 1. The van der Waals surface area contributed by atoms with E-state index in [2.05, 4.69) is 34.0 Å². The van der Waals surface area contributed by atoms with E-state index >= 15 is 0 Å². The van der Waals surface area contributed by atoms with E-state index < -0.39 is 0 Å². The Hall–Kier alpha value is -0.400. The molecule has 0 bridgehead atoms. The zero-order valence-electron chi connectivity index (χ0n) is 12.3. The van der Waals surface area contributed by atoms with Gasteiger partial charge in [-0.25, -0.2) is 0 Å². The van der Waals surface area contributed by atoms with Crippen LogP contribution in [0.15, 0.2) is 12.7 Å². The molecule has 0 spiro atoms. The molecule has 0 amide bonds. The monoisotopic (exact) mass is 274 g/mol. The second kappa shape index (κ2) is 7.91. The Kier molecular flexibility index (Phi) is 7.73. The molecule has 3 nitrogen and oxygen atoms in total. The zero-order chi connectivity index (χ0) is 14.2. The van der Waals surface area contributed by atoms with Gasteiger partial charge in [-0.3, -0.25) is 4.79 Å². The minimum atomic E-state index is -0.378. The molecule has 18 heavy (non-hydrogen) atoms. The average Bonchev–Trinajstić information content (AvgIpc) is 2.26. The lowest BCUT2D eigenvalue weighted by molar-refractivity contribution is -0.148. The third kappa shape index (κ3) is 7.13. The number of ether oxygens (including phenoxy) is 2. The maximum Gasteiger partial charge on any atom is 0.315 e. The quantitative estimate of drug-likeness (QED) is 0.295. The predicted octanol–water partition coefficient (Wildman–Crippen LogP) is 3.24. The van der Waals surface area contributed by atoms with Crippen LogP contribution in [0, 0.1) is 5.41 Å². The fourth-order valence-electron chi connectivity index (χ4n) is 1.84. The summed E-state index contributed by atoms with van der Waals surface area (Å²) in [6.45, 7) is 15.3. The van der Waals surface area contributed by atoms with Gasteiger partial charge in [0.2, 0.25) is 0 Å². The van der Waals surface area contributed by atoms with Crippen molar-refractivity contribution in [3.63, 3.8) is 0 Å². The largest absolute Gasteiger partial charge is 0.463 e. The van der Waals surface area contributed by atoms with Gasteiger partial charge in [-0.1, -0.05) is 26.8 Å². The fourth-order valence-corrected chi connectivity index (χ4v) is 2.83. The fraction of sp³-hybridized carbons (Fsp3) is 0.786. The molecule has 0 aliphatic heterocycles. The van der Waals surface area contributed by atoms with Gasteiger partial charge in [-0.2, -0.15) is 0 Å². The van der Waals surface area contributed by atoms with Crippen molar-refractivity contribution in [1.29, 1.82) is 0 Å². The van der Waals surface area contributed by atoms with E-state index in [1.54, 1.807) is 6.08 Å². The van der Waals surface area contributed by atoms with Crippen LogP contribution < -0.4 is 0 Å². The molecule has 0 aliphatic rings. The first-order chi connectivity index (χ1) is 8.25. The first-order valence-corrected chi connectivity index (χ1v) is 7.80. The minimum absolute atomic E-state index is 0.111. The van der Waals surface area contributed by atoms with Crippen molar-refractivity contribution in [3.05, 3.63) is 12.7 Å². The lowest BCUT2D eigenvalue weighted by Gasteiger charge is -2.32. The number of hydrogen-bond acceptors (Lipinski definition) is 3. The molecule has 0 aromatic carbocycles. The van der Waals surface area contributed by atoms with Crippen LogP contribution >= 0.6 is 8.58 Å². The topological polar surface area (TPSA) is 35.5 Å². The Morgan fingerprint density at radius 2 is 1.89 bits per heavy atom. The third-order valence-corrected chi connectivity index (χ3v) is 4.07. The third-order valence-electron chi connectivity index (χ3n) is 2.58. The maximum atomic E-state index is 12.1. The van der Waals surface area contributed by atoms with E-state index in [4.69, 9.17) is 9.47 Å². The summed E-state index contributed by atoms with van der Waals surface area (Å²) in [7, 11) is 0.536. The van der Waals surface area contributed by atoms with Crippen molar-refractivity contribution >= 4 is 14.6 Å². The number of hydrogen-bond donors (Lipinski definition) is 0. The Labute approximate surface area is 113 Å². The molecule has 0 aromatic rings. The molecule has 2 unspecified atom stereocenters. The molecule has 2 atom stereocenters. The van der Waals surface area contributed by atoms with Crippen LogP contribution in [0.4, 0.5) is 0 Å². The molecular weight excluding hydrogens is 247 g/mol. The van der Waals surface area contributed by atoms with Crippen molar-refractivity contribution in [2.45, 2.75) is 39.3 Å². The molecule has 106 valence electrons. The first kappa shape index (κ1) is 17.6. The van der Waals surface area contributed by atoms with Crippen LogP contribution in [0.1, 0.15) is 34.1 Å². The van der Waals surface area contributed by atoms with E-state index in [9.17, 15) is 4.79 Å². The van der Waals surface area contributed by atoms with Crippen LogP contribution in [0.5, 0.6) is 0 Å². The van der Waals surface area contributed by atoms with E-state index in [0.717, 1.165) is 6.42 Å². The van der Waals surface area contributed by atoms with Gasteiger partial charge >= 0.3 is 5.97 Å². The number of carbonyl (C=O) groups is 1. The Balaban J connectivity index is 4.21. The lowest BCUT2D eigenvalue weighted by atomic mass is 9.85.